The van der Waals surface area contributed by atoms with E-state index in [4.69, 9.17) is 0 Å². The van der Waals surface area contributed by atoms with Crippen molar-refractivity contribution in [3.05, 3.63) is 42.6 Å². The molecule has 0 saturated heterocycles. The number of hydrogen-bond acceptors (Lipinski definition) is 1. The van der Waals surface area contributed by atoms with Gasteiger partial charge in [-0.15, -0.1) is 6.08 Å². The average Bonchev–Trinajstić information content (AvgIpc) is 2.94. The lowest BCUT2D eigenvalue weighted by Gasteiger charge is -2.23. The van der Waals surface area contributed by atoms with Crippen LogP contribution in [0.25, 0.3) is 0 Å². The lowest BCUT2D eigenvalue weighted by Crippen LogP contribution is -2.21. The fourth-order valence-corrected chi connectivity index (χ4v) is 6.44. The van der Waals surface area contributed by atoms with Crippen molar-refractivity contribution in [1.82, 2.24) is 4.90 Å². The van der Waals surface area contributed by atoms with Gasteiger partial charge in [0.25, 0.3) is 0 Å². The second-order valence-corrected chi connectivity index (χ2v) is 12.5. The van der Waals surface area contributed by atoms with E-state index in [2.05, 4.69) is 52.7 Å². The molecule has 0 aromatic carbocycles. The van der Waals surface area contributed by atoms with Crippen molar-refractivity contribution in [2.75, 3.05) is 19.6 Å². The van der Waals surface area contributed by atoms with Crippen LogP contribution in [0.5, 0.6) is 0 Å². The molecule has 38 heavy (non-hydrogen) atoms. The molecule has 3 aliphatic heterocycles. The number of hydrogen-bond donors (Lipinski definition) is 0. The largest absolute Gasteiger partial charge is 0.373 e. The minimum atomic E-state index is 0.665. The van der Waals surface area contributed by atoms with Crippen molar-refractivity contribution in [3.8, 4) is 0 Å². The van der Waals surface area contributed by atoms with Crippen molar-refractivity contribution in [2.45, 2.75) is 154 Å². The van der Waals surface area contributed by atoms with Crippen LogP contribution in [0.1, 0.15) is 154 Å². The van der Waals surface area contributed by atoms with Crippen LogP contribution in [0, 0.1) is 12.5 Å². The topological polar surface area (TPSA) is 6.25 Å². The Balaban J connectivity index is 1.30. The van der Waals surface area contributed by atoms with Crippen LogP contribution in [-0.4, -0.2) is 35.3 Å². The molecule has 3 heterocycles. The van der Waals surface area contributed by atoms with E-state index in [0.29, 0.717) is 5.92 Å². The van der Waals surface area contributed by atoms with Crippen molar-refractivity contribution < 1.29 is 4.58 Å². The minimum Gasteiger partial charge on any atom is -0.373 e. The molecule has 1 atom stereocenters. The maximum atomic E-state index is 2.56. The highest BCUT2D eigenvalue weighted by molar-refractivity contribution is 5.67. The summed E-state index contributed by atoms with van der Waals surface area (Å²) in [5.74, 6) is 0.665. The monoisotopic (exact) mass is 522 g/mol. The Kier molecular flexibility index (Phi) is 17.5. The van der Waals surface area contributed by atoms with E-state index >= 15 is 0 Å². The Bertz CT molecular complexity index is 700. The molecule has 0 amide bonds. The first-order chi connectivity index (χ1) is 18.9. The van der Waals surface area contributed by atoms with Crippen LogP contribution in [0.15, 0.2) is 36.1 Å². The van der Waals surface area contributed by atoms with Crippen LogP contribution >= 0.6 is 0 Å². The highest BCUT2D eigenvalue weighted by Gasteiger charge is 2.10. The summed E-state index contributed by atoms with van der Waals surface area (Å²) in [5.41, 5.74) is 1.56. The van der Waals surface area contributed by atoms with Crippen LogP contribution in [0.2, 0.25) is 0 Å². The quantitative estimate of drug-likeness (QED) is 0.226. The predicted molar refractivity (Wildman–Crippen MR) is 168 cm³/mol. The van der Waals surface area contributed by atoms with E-state index in [-0.39, 0.29) is 0 Å². The lowest BCUT2D eigenvalue weighted by atomic mass is 9.97. The fraction of sp³-hybridized carbons (Fsp3) is 0.778. The van der Waals surface area contributed by atoms with Crippen molar-refractivity contribution >= 4 is 6.21 Å². The predicted octanol–water partition coefficient (Wildman–Crippen LogP) is 10.5. The molecule has 0 N–H and O–H groups in total. The molecule has 0 saturated carbocycles. The summed E-state index contributed by atoms with van der Waals surface area (Å²) in [6.45, 7) is 6.08. The Morgan fingerprint density at radius 3 is 1.84 bits per heavy atom. The normalized spacial score (nSPS) is 25.7. The van der Waals surface area contributed by atoms with E-state index in [1.807, 2.05) is 0 Å². The first-order valence-corrected chi connectivity index (χ1v) is 17.1. The summed E-state index contributed by atoms with van der Waals surface area (Å²) in [7, 11) is 0. The Hall–Kier alpha value is -1.44. The van der Waals surface area contributed by atoms with Gasteiger partial charge in [-0.1, -0.05) is 140 Å². The fourth-order valence-electron chi connectivity index (χ4n) is 6.44. The summed E-state index contributed by atoms with van der Waals surface area (Å²) in [6, 6.07) is 0. The van der Waals surface area contributed by atoms with E-state index in [1.54, 1.807) is 5.57 Å². The van der Waals surface area contributed by atoms with Gasteiger partial charge in [-0.3, -0.25) is 0 Å². The van der Waals surface area contributed by atoms with Gasteiger partial charge in [0.15, 0.2) is 0 Å². The van der Waals surface area contributed by atoms with E-state index in [1.165, 1.54) is 167 Å². The first kappa shape index (κ1) is 31.1. The molecule has 2 heteroatoms. The SMILES string of the molecule is C1=CC2[CH-][N+](=C1)CCCCCCCCCCCCCC1=CN(CC=C1)CCCCCCCCCCCCC2. The molecule has 0 radical (unpaired) electrons. The smallest absolute Gasteiger partial charge is 0.115 e. The van der Waals surface area contributed by atoms with Crippen LogP contribution in [-0.2, 0) is 0 Å². The first-order valence-electron chi connectivity index (χ1n) is 17.1. The van der Waals surface area contributed by atoms with E-state index in [9.17, 15) is 0 Å². The second kappa shape index (κ2) is 21.4. The van der Waals surface area contributed by atoms with Gasteiger partial charge in [-0.2, -0.15) is 0 Å². The van der Waals surface area contributed by atoms with Gasteiger partial charge in [0.1, 0.15) is 6.54 Å². The molecule has 2 nitrogen and oxygen atoms in total. The third-order valence-electron chi connectivity index (χ3n) is 8.90. The molecule has 1 unspecified atom stereocenters. The van der Waals surface area contributed by atoms with Gasteiger partial charge in [-0.25, -0.2) is 0 Å². The molecular weight excluding hydrogens is 460 g/mol. The molecule has 216 valence electrons. The summed E-state index contributed by atoms with van der Waals surface area (Å²) in [4.78, 5) is 2.56. The molecule has 0 aromatic heterocycles. The Morgan fingerprint density at radius 1 is 0.632 bits per heavy atom. The third kappa shape index (κ3) is 15.2. The van der Waals surface area contributed by atoms with Gasteiger partial charge >= 0.3 is 0 Å². The van der Waals surface area contributed by atoms with Crippen molar-refractivity contribution in [1.29, 1.82) is 0 Å². The van der Waals surface area contributed by atoms with Crippen molar-refractivity contribution in [2.24, 2.45) is 5.92 Å². The van der Waals surface area contributed by atoms with Gasteiger partial charge in [0.05, 0.1) is 0 Å². The maximum Gasteiger partial charge on any atom is 0.115 e. The van der Waals surface area contributed by atoms with Gasteiger partial charge in [0.2, 0.25) is 0 Å². The van der Waals surface area contributed by atoms with Crippen LogP contribution in [0.3, 0.4) is 0 Å². The van der Waals surface area contributed by atoms with Crippen LogP contribution in [0.4, 0.5) is 0 Å². The molecule has 3 aliphatic rings. The third-order valence-corrected chi connectivity index (χ3v) is 8.90. The summed E-state index contributed by atoms with van der Waals surface area (Å²) >= 11 is 0. The van der Waals surface area contributed by atoms with Gasteiger partial charge < -0.3 is 9.48 Å². The molecule has 0 fully saturated rings. The standard InChI is InChI=1S/C36H62N2/c1-3-7-11-15-19-25-35-27-23-32-38(33-35)30-22-18-14-10-6-2-4-8-12-16-20-26-36-28-24-31-37(34-36)29-21-17-13-9-5-1/h23-24,27-28,31,33-34,36H,1-22,25-26,29-30,32H2. The highest BCUT2D eigenvalue weighted by atomic mass is 15.1. The number of allylic oxidation sites excluding steroid dienone is 3. The molecule has 4 bridgehead atoms. The van der Waals surface area contributed by atoms with E-state index < -0.39 is 0 Å². The Labute approximate surface area is 237 Å². The van der Waals surface area contributed by atoms with E-state index in [0.717, 1.165) is 6.54 Å². The van der Waals surface area contributed by atoms with Crippen LogP contribution < -0.4 is 0 Å². The van der Waals surface area contributed by atoms with Crippen molar-refractivity contribution in [3.63, 3.8) is 0 Å². The molecule has 0 aliphatic carbocycles. The lowest BCUT2D eigenvalue weighted by molar-refractivity contribution is -0.489. The average molecular weight is 523 g/mol. The minimum absolute atomic E-state index is 0.665. The summed E-state index contributed by atoms with van der Waals surface area (Å²) in [5, 5.41) is 0. The second-order valence-electron chi connectivity index (χ2n) is 12.5. The maximum absolute atomic E-state index is 2.56. The van der Waals surface area contributed by atoms with Gasteiger partial charge in [0, 0.05) is 38.5 Å². The zero-order valence-corrected chi connectivity index (χ0v) is 25.1. The Morgan fingerprint density at radius 2 is 1.18 bits per heavy atom. The number of rotatable bonds is 0. The summed E-state index contributed by atoms with van der Waals surface area (Å²) < 4.78 is 2.48. The van der Waals surface area contributed by atoms with Gasteiger partial charge in [-0.05, 0) is 37.2 Å². The number of nitrogens with zero attached hydrogens (tertiary/aromatic N) is 2. The number of fused-ring (bicyclic) bond motifs is 3. The zero-order chi connectivity index (χ0) is 26.4. The summed E-state index contributed by atoms with van der Waals surface area (Å²) in [6.07, 6.45) is 48.1. The highest BCUT2D eigenvalue weighted by Crippen LogP contribution is 2.20. The zero-order valence-electron chi connectivity index (χ0n) is 25.1. The molecule has 0 spiro atoms. The molecule has 0 aromatic rings. The molecular formula is C36H62N2. The molecule has 3 rings (SSSR count).